The zero-order valence-electron chi connectivity index (χ0n) is 10.1. The van der Waals surface area contributed by atoms with Crippen molar-refractivity contribution in [3.8, 4) is 5.75 Å². The van der Waals surface area contributed by atoms with Crippen LogP contribution in [0.25, 0.3) is 0 Å². The summed E-state index contributed by atoms with van der Waals surface area (Å²) in [5.41, 5.74) is 1.17. The highest BCUT2D eigenvalue weighted by Gasteiger charge is 2.10. The van der Waals surface area contributed by atoms with Gasteiger partial charge in [0.1, 0.15) is 12.4 Å². The SMILES string of the molecule is Cc1cc(Br)ccc1OCCN1CCOCC1. The second-order valence-corrected chi connectivity index (χ2v) is 5.13. The van der Waals surface area contributed by atoms with Crippen molar-refractivity contribution in [2.45, 2.75) is 6.92 Å². The average Bonchev–Trinajstić information content (AvgIpc) is 2.33. The highest BCUT2D eigenvalue weighted by molar-refractivity contribution is 9.10. The number of aryl methyl sites for hydroxylation is 1. The fourth-order valence-corrected chi connectivity index (χ4v) is 2.36. The number of rotatable bonds is 4. The Morgan fingerprint density at radius 2 is 2.12 bits per heavy atom. The van der Waals surface area contributed by atoms with Crippen molar-refractivity contribution in [2.75, 3.05) is 39.5 Å². The Bertz CT molecular complexity index is 364. The van der Waals surface area contributed by atoms with E-state index in [0.717, 1.165) is 49.7 Å². The van der Waals surface area contributed by atoms with Crippen molar-refractivity contribution in [3.05, 3.63) is 28.2 Å². The van der Waals surface area contributed by atoms with Gasteiger partial charge in [0, 0.05) is 24.1 Å². The van der Waals surface area contributed by atoms with Gasteiger partial charge < -0.3 is 9.47 Å². The number of hydrogen-bond acceptors (Lipinski definition) is 3. The van der Waals surface area contributed by atoms with Gasteiger partial charge in [-0.1, -0.05) is 15.9 Å². The summed E-state index contributed by atoms with van der Waals surface area (Å²) < 4.78 is 12.2. The lowest BCUT2D eigenvalue weighted by Gasteiger charge is -2.26. The first-order chi connectivity index (χ1) is 8.25. The fourth-order valence-electron chi connectivity index (χ4n) is 1.88. The Hall–Kier alpha value is -0.580. The summed E-state index contributed by atoms with van der Waals surface area (Å²) in [5, 5.41) is 0. The monoisotopic (exact) mass is 299 g/mol. The van der Waals surface area contributed by atoms with Gasteiger partial charge in [-0.25, -0.2) is 0 Å². The maximum Gasteiger partial charge on any atom is 0.122 e. The number of hydrogen-bond donors (Lipinski definition) is 0. The van der Waals surface area contributed by atoms with Gasteiger partial charge in [-0.3, -0.25) is 4.90 Å². The van der Waals surface area contributed by atoms with Crippen molar-refractivity contribution >= 4 is 15.9 Å². The van der Waals surface area contributed by atoms with Gasteiger partial charge in [0.05, 0.1) is 13.2 Å². The van der Waals surface area contributed by atoms with Crippen LogP contribution in [0.5, 0.6) is 5.75 Å². The Kier molecular flexibility index (Phi) is 4.83. The van der Waals surface area contributed by atoms with Crippen LogP contribution in [0, 0.1) is 6.92 Å². The molecule has 3 nitrogen and oxygen atoms in total. The van der Waals surface area contributed by atoms with E-state index in [9.17, 15) is 0 Å². The van der Waals surface area contributed by atoms with Crippen LogP contribution >= 0.6 is 15.9 Å². The maximum atomic E-state index is 5.79. The average molecular weight is 300 g/mol. The summed E-state index contributed by atoms with van der Waals surface area (Å²) in [6, 6.07) is 6.10. The first-order valence-corrected chi connectivity index (χ1v) is 6.74. The molecule has 94 valence electrons. The van der Waals surface area contributed by atoms with E-state index in [4.69, 9.17) is 9.47 Å². The highest BCUT2D eigenvalue weighted by atomic mass is 79.9. The molecule has 0 amide bonds. The molecule has 0 unspecified atom stereocenters. The minimum atomic E-state index is 0.739. The normalized spacial score (nSPS) is 17.1. The number of halogens is 1. The van der Waals surface area contributed by atoms with Crippen LogP contribution in [-0.2, 0) is 4.74 Å². The molecule has 1 saturated heterocycles. The van der Waals surface area contributed by atoms with Crippen molar-refractivity contribution in [1.29, 1.82) is 0 Å². The zero-order valence-corrected chi connectivity index (χ0v) is 11.7. The van der Waals surface area contributed by atoms with Gasteiger partial charge in [0.15, 0.2) is 0 Å². The van der Waals surface area contributed by atoms with E-state index in [1.54, 1.807) is 0 Å². The summed E-state index contributed by atoms with van der Waals surface area (Å²) in [6.45, 7) is 7.50. The molecule has 0 aromatic heterocycles. The lowest BCUT2D eigenvalue weighted by molar-refractivity contribution is 0.0322. The molecule has 17 heavy (non-hydrogen) atoms. The Morgan fingerprint density at radius 3 is 2.82 bits per heavy atom. The molecule has 1 aromatic rings. The molecule has 0 atom stereocenters. The minimum absolute atomic E-state index is 0.739. The second kappa shape index (κ2) is 6.38. The third-order valence-electron chi connectivity index (χ3n) is 2.91. The van der Waals surface area contributed by atoms with Crippen LogP contribution in [0.1, 0.15) is 5.56 Å². The molecule has 0 N–H and O–H groups in total. The van der Waals surface area contributed by atoms with Crippen molar-refractivity contribution in [1.82, 2.24) is 4.90 Å². The lowest BCUT2D eigenvalue weighted by atomic mass is 10.2. The van der Waals surface area contributed by atoms with E-state index in [2.05, 4.69) is 33.8 Å². The molecular weight excluding hydrogens is 282 g/mol. The topological polar surface area (TPSA) is 21.7 Å². The molecule has 0 radical (unpaired) electrons. The van der Waals surface area contributed by atoms with Crippen LogP contribution in [-0.4, -0.2) is 44.4 Å². The predicted octanol–water partition coefficient (Wildman–Crippen LogP) is 2.47. The quantitative estimate of drug-likeness (QED) is 0.852. The molecular formula is C13H18BrNO2. The fraction of sp³-hybridized carbons (Fsp3) is 0.538. The summed E-state index contributed by atoms with van der Waals surface area (Å²) >= 11 is 3.45. The number of morpholine rings is 1. The standard InChI is InChI=1S/C13H18BrNO2/c1-11-10-12(14)2-3-13(11)17-9-6-15-4-7-16-8-5-15/h2-3,10H,4-9H2,1H3. The van der Waals surface area contributed by atoms with E-state index in [1.165, 1.54) is 5.56 Å². The van der Waals surface area contributed by atoms with Gasteiger partial charge in [-0.2, -0.15) is 0 Å². The van der Waals surface area contributed by atoms with Crippen LogP contribution < -0.4 is 4.74 Å². The van der Waals surface area contributed by atoms with Gasteiger partial charge >= 0.3 is 0 Å². The van der Waals surface area contributed by atoms with Crippen LogP contribution in [0.15, 0.2) is 22.7 Å². The Labute approximate surface area is 111 Å². The summed E-state index contributed by atoms with van der Waals surface area (Å²) in [5.74, 6) is 0.974. The van der Waals surface area contributed by atoms with Gasteiger partial charge in [-0.15, -0.1) is 0 Å². The molecule has 0 aliphatic carbocycles. The van der Waals surface area contributed by atoms with Crippen molar-refractivity contribution in [2.24, 2.45) is 0 Å². The molecule has 1 heterocycles. The molecule has 0 saturated carbocycles. The molecule has 1 aliphatic heterocycles. The van der Waals surface area contributed by atoms with Crippen molar-refractivity contribution < 1.29 is 9.47 Å². The third-order valence-corrected chi connectivity index (χ3v) is 3.40. The van der Waals surface area contributed by atoms with E-state index in [1.807, 2.05) is 12.1 Å². The van der Waals surface area contributed by atoms with Crippen LogP contribution in [0.2, 0.25) is 0 Å². The maximum absolute atomic E-state index is 5.79. The minimum Gasteiger partial charge on any atom is -0.492 e. The van der Waals surface area contributed by atoms with E-state index < -0.39 is 0 Å². The summed E-state index contributed by atoms with van der Waals surface area (Å²) in [4.78, 5) is 2.37. The van der Waals surface area contributed by atoms with E-state index >= 15 is 0 Å². The van der Waals surface area contributed by atoms with Gasteiger partial charge in [0.25, 0.3) is 0 Å². The number of ether oxygens (including phenoxy) is 2. The van der Waals surface area contributed by atoms with Gasteiger partial charge in [-0.05, 0) is 30.7 Å². The smallest absolute Gasteiger partial charge is 0.122 e. The Balaban J connectivity index is 1.77. The molecule has 1 fully saturated rings. The summed E-state index contributed by atoms with van der Waals surface area (Å²) in [6.07, 6.45) is 0. The molecule has 0 spiro atoms. The molecule has 2 rings (SSSR count). The molecule has 1 aliphatic rings. The molecule has 1 aromatic carbocycles. The molecule has 4 heteroatoms. The van der Waals surface area contributed by atoms with Gasteiger partial charge in [0.2, 0.25) is 0 Å². The summed E-state index contributed by atoms with van der Waals surface area (Å²) in [7, 11) is 0. The van der Waals surface area contributed by atoms with Crippen molar-refractivity contribution in [3.63, 3.8) is 0 Å². The number of nitrogens with zero attached hydrogens (tertiary/aromatic N) is 1. The predicted molar refractivity (Wildman–Crippen MR) is 71.6 cm³/mol. The second-order valence-electron chi connectivity index (χ2n) is 4.21. The van der Waals surface area contributed by atoms with Crippen LogP contribution in [0.4, 0.5) is 0 Å². The van der Waals surface area contributed by atoms with E-state index in [0.29, 0.717) is 0 Å². The van der Waals surface area contributed by atoms with E-state index in [-0.39, 0.29) is 0 Å². The molecule has 0 bridgehead atoms. The lowest BCUT2D eigenvalue weighted by Crippen LogP contribution is -2.38. The zero-order chi connectivity index (χ0) is 12.1. The van der Waals surface area contributed by atoms with Crippen LogP contribution in [0.3, 0.4) is 0 Å². The Morgan fingerprint density at radius 1 is 1.35 bits per heavy atom. The first kappa shape index (κ1) is 12.9. The highest BCUT2D eigenvalue weighted by Crippen LogP contribution is 2.22. The largest absolute Gasteiger partial charge is 0.492 e. The third kappa shape index (κ3) is 3.98. The first-order valence-electron chi connectivity index (χ1n) is 5.95. The number of benzene rings is 1.